The van der Waals surface area contributed by atoms with E-state index in [2.05, 4.69) is 5.92 Å². The van der Waals surface area contributed by atoms with E-state index >= 15 is 0 Å². The molecule has 0 N–H and O–H groups in total. The van der Waals surface area contributed by atoms with Crippen LogP contribution in [0.25, 0.3) is 0 Å². The summed E-state index contributed by atoms with van der Waals surface area (Å²) in [7, 11) is 0. The van der Waals surface area contributed by atoms with Gasteiger partial charge in [0, 0.05) is 5.92 Å². The molecule has 1 nitrogen and oxygen atoms in total. The molecule has 0 aromatic rings. The molecule has 0 fully saturated rings. The van der Waals surface area contributed by atoms with Crippen LogP contribution < -0.4 is 0 Å². The summed E-state index contributed by atoms with van der Waals surface area (Å²) >= 11 is 0. The van der Waals surface area contributed by atoms with Crippen LogP contribution in [-0.4, -0.2) is 6.61 Å². The maximum Gasteiger partial charge on any atom is 0.0834 e. The highest BCUT2D eigenvalue weighted by molar-refractivity contribution is 4.89. The van der Waals surface area contributed by atoms with E-state index in [9.17, 15) is 5.11 Å². The van der Waals surface area contributed by atoms with Gasteiger partial charge < -0.3 is 0 Å². The number of hydrogen-bond acceptors (Lipinski definition) is 0. The summed E-state index contributed by atoms with van der Waals surface area (Å²) in [5.41, 5.74) is 0. The molecular weight excluding hydrogens is 88.1 g/mol. The molecule has 0 aliphatic heterocycles. The Balaban J connectivity index is 3.04. The Kier molecular flexibility index (Phi) is 3.45. The fraction of sp³-hybridized carbons (Fsp3) is 0.667. The Bertz CT molecular complexity index is 70.7. The Hall–Kier alpha value is -0.480. The van der Waals surface area contributed by atoms with E-state index in [1.807, 2.05) is 6.92 Å². The van der Waals surface area contributed by atoms with Gasteiger partial charge in [-0.15, -0.1) is 12.3 Å². The predicted octanol–water partition coefficient (Wildman–Crippen LogP) is 1.08. The average Bonchev–Trinajstić information content (AvgIpc) is 1.68. The zero-order valence-electron chi connectivity index (χ0n) is 4.48. The second kappa shape index (κ2) is 3.70. The molecule has 0 aliphatic carbocycles. The molecule has 0 aromatic heterocycles. The first-order valence-electron chi connectivity index (χ1n) is 2.35. The minimum atomic E-state index is -0.0502. The molecule has 0 rings (SSSR count). The lowest BCUT2D eigenvalue weighted by Crippen LogP contribution is -1.91. The molecular formula is C6H9O. The lowest BCUT2D eigenvalue weighted by atomic mass is 10.1. The SMILES string of the molecule is C#CC(C)CC[O]. The summed E-state index contributed by atoms with van der Waals surface area (Å²) in [5, 5.41) is 9.80. The maximum absolute atomic E-state index is 9.80. The van der Waals surface area contributed by atoms with Crippen LogP contribution in [0, 0.1) is 18.3 Å². The van der Waals surface area contributed by atoms with Crippen molar-refractivity contribution in [3.05, 3.63) is 0 Å². The second-order valence-electron chi connectivity index (χ2n) is 1.56. The minimum absolute atomic E-state index is 0.0502. The first-order chi connectivity index (χ1) is 3.31. The molecule has 0 bridgehead atoms. The highest BCUT2D eigenvalue weighted by Crippen LogP contribution is 1.95. The normalized spacial score (nSPS) is 12.7. The summed E-state index contributed by atoms with van der Waals surface area (Å²) in [4.78, 5) is 0. The summed E-state index contributed by atoms with van der Waals surface area (Å²) in [6, 6.07) is 0. The topological polar surface area (TPSA) is 19.9 Å². The van der Waals surface area contributed by atoms with Gasteiger partial charge in [0.2, 0.25) is 0 Å². The molecule has 1 radical (unpaired) electrons. The molecule has 0 aromatic carbocycles. The molecule has 1 unspecified atom stereocenters. The van der Waals surface area contributed by atoms with Gasteiger partial charge in [0.05, 0.1) is 6.61 Å². The van der Waals surface area contributed by atoms with Crippen LogP contribution in [-0.2, 0) is 5.11 Å². The van der Waals surface area contributed by atoms with Crippen molar-refractivity contribution in [2.45, 2.75) is 13.3 Å². The first kappa shape index (κ1) is 6.52. The average molecular weight is 97.1 g/mol. The van der Waals surface area contributed by atoms with Crippen LogP contribution in [0.15, 0.2) is 0 Å². The van der Waals surface area contributed by atoms with Crippen LogP contribution in [0.2, 0.25) is 0 Å². The Morgan fingerprint density at radius 3 is 2.57 bits per heavy atom. The van der Waals surface area contributed by atoms with Crippen molar-refractivity contribution in [1.82, 2.24) is 0 Å². The van der Waals surface area contributed by atoms with Crippen LogP contribution in [0.4, 0.5) is 0 Å². The van der Waals surface area contributed by atoms with Gasteiger partial charge in [-0.3, -0.25) is 0 Å². The van der Waals surface area contributed by atoms with E-state index in [0.717, 1.165) is 0 Å². The van der Waals surface area contributed by atoms with E-state index < -0.39 is 0 Å². The number of rotatable bonds is 2. The molecule has 0 spiro atoms. The van der Waals surface area contributed by atoms with Gasteiger partial charge in [0.1, 0.15) is 0 Å². The molecule has 1 heteroatoms. The van der Waals surface area contributed by atoms with Crippen molar-refractivity contribution >= 4 is 0 Å². The monoisotopic (exact) mass is 97.1 g/mol. The van der Waals surface area contributed by atoms with Crippen molar-refractivity contribution < 1.29 is 5.11 Å². The van der Waals surface area contributed by atoms with E-state index in [1.165, 1.54) is 0 Å². The molecule has 39 valence electrons. The van der Waals surface area contributed by atoms with Gasteiger partial charge in [0.25, 0.3) is 0 Å². The van der Waals surface area contributed by atoms with Crippen LogP contribution in [0.1, 0.15) is 13.3 Å². The highest BCUT2D eigenvalue weighted by Gasteiger charge is 1.91. The lowest BCUT2D eigenvalue weighted by Gasteiger charge is -1.93. The van der Waals surface area contributed by atoms with Gasteiger partial charge in [-0.1, -0.05) is 6.92 Å². The highest BCUT2D eigenvalue weighted by atomic mass is 16.2. The summed E-state index contributed by atoms with van der Waals surface area (Å²) in [6.45, 7) is 1.82. The van der Waals surface area contributed by atoms with E-state index in [-0.39, 0.29) is 12.5 Å². The zero-order valence-corrected chi connectivity index (χ0v) is 4.48. The Labute approximate surface area is 44.4 Å². The standard InChI is InChI=1S/C6H9O/c1-3-6(2)4-5-7/h1,6H,4-5H2,2H3. The quantitative estimate of drug-likeness (QED) is 0.459. The molecule has 0 saturated heterocycles. The number of terminal acetylenes is 1. The second-order valence-corrected chi connectivity index (χ2v) is 1.56. The fourth-order valence-electron chi connectivity index (χ4n) is 0.260. The van der Waals surface area contributed by atoms with Gasteiger partial charge in [-0.2, -0.15) is 0 Å². The van der Waals surface area contributed by atoms with Crippen LogP contribution in [0.5, 0.6) is 0 Å². The summed E-state index contributed by atoms with van der Waals surface area (Å²) in [6.07, 6.45) is 5.58. The van der Waals surface area contributed by atoms with Crippen LogP contribution >= 0.6 is 0 Å². The minimum Gasteiger partial charge on any atom is -0.237 e. The molecule has 1 atom stereocenters. The predicted molar refractivity (Wildman–Crippen MR) is 28.2 cm³/mol. The molecule has 0 aliphatic rings. The van der Waals surface area contributed by atoms with Crippen molar-refractivity contribution in [1.29, 1.82) is 0 Å². The van der Waals surface area contributed by atoms with E-state index in [4.69, 9.17) is 6.42 Å². The van der Waals surface area contributed by atoms with Crippen LogP contribution in [0.3, 0.4) is 0 Å². The molecule has 0 saturated carbocycles. The van der Waals surface area contributed by atoms with E-state index in [1.54, 1.807) is 0 Å². The molecule has 0 amide bonds. The largest absolute Gasteiger partial charge is 0.237 e. The third-order valence-electron chi connectivity index (χ3n) is 0.835. The van der Waals surface area contributed by atoms with Crippen molar-refractivity contribution in [3.63, 3.8) is 0 Å². The van der Waals surface area contributed by atoms with Crippen molar-refractivity contribution in [2.24, 2.45) is 5.92 Å². The summed E-state index contributed by atoms with van der Waals surface area (Å²) < 4.78 is 0. The summed E-state index contributed by atoms with van der Waals surface area (Å²) in [5.74, 6) is 2.63. The smallest absolute Gasteiger partial charge is 0.0834 e. The Morgan fingerprint density at radius 1 is 1.86 bits per heavy atom. The maximum atomic E-state index is 9.80. The van der Waals surface area contributed by atoms with Gasteiger partial charge in [-0.05, 0) is 6.42 Å². The third-order valence-corrected chi connectivity index (χ3v) is 0.835. The van der Waals surface area contributed by atoms with Gasteiger partial charge in [0.15, 0.2) is 0 Å². The Morgan fingerprint density at radius 2 is 2.43 bits per heavy atom. The third kappa shape index (κ3) is 3.35. The lowest BCUT2D eigenvalue weighted by molar-refractivity contribution is 0.181. The molecule has 0 heterocycles. The van der Waals surface area contributed by atoms with Crippen molar-refractivity contribution in [2.75, 3.05) is 6.61 Å². The molecule has 7 heavy (non-hydrogen) atoms. The zero-order chi connectivity index (χ0) is 5.70. The first-order valence-corrected chi connectivity index (χ1v) is 2.35. The number of hydrogen-bond donors (Lipinski definition) is 0. The van der Waals surface area contributed by atoms with E-state index in [0.29, 0.717) is 6.42 Å². The fourth-order valence-corrected chi connectivity index (χ4v) is 0.260. The van der Waals surface area contributed by atoms with Crippen molar-refractivity contribution in [3.8, 4) is 12.3 Å². The van der Waals surface area contributed by atoms with Gasteiger partial charge >= 0.3 is 0 Å². The van der Waals surface area contributed by atoms with Gasteiger partial charge in [-0.25, -0.2) is 5.11 Å².